The van der Waals surface area contributed by atoms with E-state index in [-0.39, 0.29) is 23.7 Å². The van der Waals surface area contributed by atoms with Crippen LogP contribution < -0.4 is 9.47 Å². The van der Waals surface area contributed by atoms with Gasteiger partial charge in [-0.25, -0.2) is 14.8 Å². The van der Waals surface area contributed by atoms with E-state index < -0.39 is 0 Å². The molecule has 1 amide bonds. The number of hydrogen-bond acceptors (Lipinski definition) is 7. The molecule has 0 N–H and O–H groups in total. The van der Waals surface area contributed by atoms with Crippen molar-refractivity contribution in [3.05, 3.63) is 40.7 Å². The largest absolute Gasteiger partial charge is 0.473 e. The Morgan fingerprint density at radius 1 is 1.26 bits per heavy atom. The zero-order chi connectivity index (χ0) is 24.3. The average molecular weight is 485 g/mol. The molecule has 1 atom stereocenters. The SMILES string of the molecule is Cc1c(Oc2ccc(C#N)cc2Cl)ncnc1OC1CCCN(C(=O)OC(C)C)CC12CCC2. The second-order valence-electron chi connectivity index (χ2n) is 9.29. The van der Waals surface area contributed by atoms with Crippen LogP contribution >= 0.6 is 11.6 Å². The third-order valence-electron chi connectivity index (χ3n) is 6.54. The molecule has 1 aliphatic carbocycles. The van der Waals surface area contributed by atoms with Gasteiger partial charge in [0, 0.05) is 18.5 Å². The molecule has 34 heavy (non-hydrogen) atoms. The van der Waals surface area contributed by atoms with Gasteiger partial charge in [0.2, 0.25) is 11.8 Å². The lowest BCUT2D eigenvalue weighted by Gasteiger charge is -2.47. The van der Waals surface area contributed by atoms with Crippen LogP contribution in [0.25, 0.3) is 0 Å². The molecule has 1 saturated heterocycles. The first-order chi connectivity index (χ1) is 16.3. The highest BCUT2D eigenvalue weighted by molar-refractivity contribution is 6.32. The number of amides is 1. The molecule has 1 aromatic heterocycles. The van der Waals surface area contributed by atoms with Crippen LogP contribution in [0.3, 0.4) is 0 Å². The highest BCUT2D eigenvalue weighted by Gasteiger charge is 2.49. The van der Waals surface area contributed by atoms with Crippen molar-refractivity contribution in [1.82, 2.24) is 14.9 Å². The van der Waals surface area contributed by atoms with Crippen LogP contribution in [-0.2, 0) is 4.74 Å². The number of benzene rings is 1. The molecule has 180 valence electrons. The van der Waals surface area contributed by atoms with Gasteiger partial charge in [-0.3, -0.25) is 0 Å². The van der Waals surface area contributed by atoms with Gasteiger partial charge >= 0.3 is 6.09 Å². The molecular weight excluding hydrogens is 456 g/mol. The van der Waals surface area contributed by atoms with Gasteiger partial charge in [-0.05, 0) is 64.7 Å². The molecule has 2 fully saturated rings. The fraction of sp³-hybridized carbons (Fsp3) is 0.520. The number of halogens is 1. The Morgan fingerprint density at radius 2 is 2.03 bits per heavy atom. The molecule has 8 nitrogen and oxygen atoms in total. The summed E-state index contributed by atoms with van der Waals surface area (Å²) in [4.78, 5) is 23.1. The number of aromatic nitrogens is 2. The van der Waals surface area contributed by atoms with Gasteiger partial charge in [0.1, 0.15) is 18.2 Å². The summed E-state index contributed by atoms with van der Waals surface area (Å²) < 4.78 is 17.9. The lowest BCUT2D eigenvalue weighted by atomic mass is 9.64. The van der Waals surface area contributed by atoms with Gasteiger partial charge in [-0.15, -0.1) is 0 Å². The fourth-order valence-electron chi connectivity index (χ4n) is 4.59. The summed E-state index contributed by atoms with van der Waals surface area (Å²) in [6.45, 7) is 6.85. The number of hydrogen-bond donors (Lipinski definition) is 0. The van der Waals surface area contributed by atoms with Crippen LogP contribution in [0.15, 0.2) is 24.5 Å². The van der Waals surface area contributed by atoms with E-state index in [0.717, 1.165) is 32.1 Å². The van der Waals surface area contributed by atoms with Crippen molar-refractivity contribution in [3.8, 4) is 23.6 Å². The van der Waals surface area contributed by atoms with Crippen LogP contribution in [-0.4, -0.2) is 46.3 Å². The number of nitrogens with zero attached hydrogens (tertiary/aromatic N) is 4. The van der Waals surface area contributed by atoms with Crippen LogP contribution in [0.1, 0.15) is 57.1 Å². The van der Waals surface area contributed by atoms with Crippen LogP contribution in [0.4, 0.5) is 4.79 Å². The Kier molecular flexibility index (Phi) is 7.13. The van der Waals surface area contributed by atoms with Crippen molar-refractivity contribution in [3.63, 3.8) is 0 Å². The topological polar surface area (TPSA) is 97.6 Å². The minimum absolute atomic E-state index is 0.0712. The van der Waals surface area contributed by atoms with Gasteiger partial charge in [-0.1, -0.05) is 18.0 Å². The first-order valence-corrected chi connectivity index (χ1v) is 12.0. The molecule has 2 aliphatic rings. The summed E-state index contributed by atoms with van der Waals surface area (Å²) in [5, 5.41) is 9.36. The number of carbonyl (C=O) groups excluding carboxylic acids is 1. The Morgan fingerprint density at radius 3 is 2.68 bits per heavy atom. The first-order valence-electron chi connectivity index (χ1n) is 11.6. The summed E-state index contributed by atoms with van der Waals surface area (Å²) in [6.07, 6.45) is 5.70. The van der Waals surface area contributed by atoms with E-state index in [1.54, 1.807) is 18.2 Å². The zero-order valence-electron chi connectivity index (χ0n) is 19.7. The highest BCUT2D eigenvalue weighted by atomic mass is 35.5. The van der Waals surface area contributed by atoms with Gasteiger partial charge in [0.25, 0.3) is 0 Å². The highest BCUT2D eigenvalue weighted by Crippen LogP contribution is 2.49. The Hall–Kier alpha value is -3.05. The molecule has 1 aromatic carbocycles. The van der Waals surface area contributed by atoms with Crippen molar-refractivity contribution >= 4 is 17.7 Å². The third-order valence-corrected chi connectivity index (χ3v) is 6.84. The van der Waals surface area contributed by atoms with Crippen LogP contribution in [0.2, 0.25) is 5.02 Å². The first kappa shape index (κ1) is 24.1. The van der Waals surface area contributed by atoms with Crippen molar-refractivity contribution in [2.75, 3.05) is 13.1 Å². The second-order valence-corrected chi connectivity index (χ2v) is 9.69. The monoisotopic (exact) mass is 484 g/mol. The predicted molar refractivity (Wildman–Crippen MR) is 126 cm³/mol. The van der Waals surface area contributed by atoms with Crippen molar-refractivity contribution in [1.29, 1.82) is 5.26 Å². The number of ether oxygens (including phenoxy) is 3. The predicted octanol–water partition coefficient (Wildman–Crippen LogP) is 5.66. The summed E-state index contributed by atoms with van der Waals surface area (Å²) in [6, 6.07) is 6.88. The molecule has 2 aromatic rings. The number of carbonyl (C=O) groups is 1. The van der Waals surface area contributed by atoms with Crippen LogP contribution in [0, 0.1) is 23.7 Å². The van der Waals surface area contributed by atoms with E-state index in [1.807, 2.05) is 31.7 Å². The molecule has 1 saturated carbocycles. The number of rotatable bonds is 5. The lowest BCUT2D eigenvalue weighted by molar-refractivity contribution is -0.0352. The minimum Gasteiger partial charge on any atom is -0.473 e. The van der Waals surface area contributed by atoms with Gasteiger partial charge in [0.05, 0.1) is 28.3 Å². The van der Waals surface area contributed by atoms with Gasteiger partial charge in [0.15, 0.2) is 0 Å². The Balaban J connectivity index is 1.52. The van der Waals surface area contributed by atoms with E-state index >= 15 is 0 Å². The molecular formula is C25H29ClN4O4. The zero-order valence-corrected chi connectivity index (χ0v) is 20.5. The maximum atomic E-state index is 12.6. The fourth-order valence-corrected chi connectivity index (χ4v) is 4.81. The molecule has 0 bridgehead atoms. The Labute approximate surface area is 204 Å². The van der Waals surface area contributed by atoms with Gasteiger partial charge in [-0.2, -0.15) is 5.26 Å². The minimum atomic E-state index is -0.255. The van der Waals surface area contributed by atoms with E-state index in [4.69, 9.17) is 31.1 Å². The maximum Gasteiger partial charge on any atom is 0.410 e. The van der Waals surface area contributed by atoms with E-state index in [0.29, 0.717) is 46.7 Å². The Bertz CT molecular complexity index is 1100. The standard InChI is InChI=1S/C25H29ClN4O4/c1-16(2)32-24(31)30-11-4-6-21(25(14-30)9-5-10-25)34-23-17(3)22(28-15-29-23)33-20-8-7-18(13-27)12-19(20)26/h7-8,12,15-16,21H,4-6,9-11,14H2,1-3H3. The summed E-state index contributed by atoms with van der Waals surface area (Å²) in [5.41, 5.74) is 1.01. The quantitative estimate of drug-likeness (QED) is 0.539. The van der Waals surface area contributed by atoms with Crippen molar-refractivity contribution in [2.45, 2.75) is 65.1 Å². The summed E-state index contributed by atoms with van der Waals surface area (Å²) in [7, 11) is 0. The molecule has 1 aliphatic heterocycles. The normalized spacial score (nSPS) is 19.2. The second kappa shape index (κ2) is 10.1. The maximum absolute atomic E-state index is 12.6. The van der Waals surface area contributed by atoms with Crippen LogP contribution in [0.5, 0.6) is 17.5 Å². The lowest BCUT2D eigenvalue weighted by Crippen LogP contribution is -2.51. The average Bonchev–Trinajstić information content (AvgIpc) is 2.97. The molecule has 9 heteroatoms. The third kappa shape index (κ3) is 5.05. The summed E-state index contributed by atoms with van der Waals surface area (Å²) >= 11 is 6.27. The van der Waals surface area contributed by atoms with E-state index in [9.17, 15) is 4.79 Å². The summed E-state index contributed by atoms with van der Waals surface area (Å²) in [5.74, 6) is 1.21. The number of nitriles is 1. The van der Waals surface area contributed by atoms with Crippen molar-refractivity contribution < 1.29 is 19.0 Å². The molecule has 4 rings (SSSR count). The van der Waals surface area contributed by atoms with Gasteiger partial charge < -0.3 is 19.1 Å². The van der Waals surface area contributed by atoms with Crippen molar-refractivity contribution in [2.24, 2.45) is 5.41 Å². The smallest absolute Gasteiger partial charge is 0.410 e. The molecule has 1 spiro atoms. The number of likely N-dealkylation sites (tertiary alicyclic amines) is 1. The molecule has 0 radical (unpaired) electrons. The van der Waals surface area contributed by atoms with E-state index in [1.165, 1.54) is 6.33 Å². The molecule has 2 heterocycles. The van der Waals surface area contributed by atoms with E-state index in [2.05, 4.69) is 9.97 Å². The molecule has 1 unspecified atom stereocenters.